The summed E-state index contributed by atoms with van der Waals surface area (Å²) in [4.78, 5) is 15.6. The molecule has 0 spiro atoms. The third-order valence-corrected chi connectivity index (χ3v) is 10.8. The number of fused-ring (bicyclic) bond motifs is 10. The lowest BCUT2D eigenvalue weighted by atomic mass is 9.90. The van der Waals surface area contributed by atoms with Crippen LogP contribution in [0.3, 0.4) is 0 Å². The molecule has 10 rings (SSSR count). The van der Waals surface area contributed by atoms with Crippen LogP contribution in [-0.4, -0.2) is 19.5 Å². The van der Waals surface area contributed by atoms with Crippen LogP contribution in [0.15, 0.2) is 140 Å². The van der Waals surface area contributed by atoms with Crippen molar-refractivity contribution in [3.63, 3.8) is 0 Å². The van der Waals surface area contributed by atoms with Gasteiger partial charge in [-0.25, -0.2) is 4.98 Å². The fraction of sp³-hybridized carbons (Fsp3) is 0.0465. The van der Waals surface area contributed by atoms with Crippen LogP contribution in [0.25, 0.3) is 82.2 Å². The van der Waals surface area contributed by atoms with Gasteiger partial charge in [0.05, 0.1) is 5.52 Å². The molecule has 5 heteroatoms. The number of thiophene rings is 1. The van der Waals surface area contributed by atoms with E-state index >= 15 is 0 Å². The molecule has 6 aromatic carbocycles. The number of rotatable bonds is 4. The molecule has 0 N–H and O–H groups in total. The molecule has 0 radical (unpaired) electrons. The maximum Gasteiger partial charge on any atom is 0.238 e. The minimum absolute atomic E-state index is 0.648. The molecule has 1 aliphatic carbocycles. The number of benzene rings is 6. The van der Waals surface area contributed by atoms with E-state index in [1.54, 1.807) is 0 Å². The lowest BCUT2D eigenvalue weighted by Crippen LogP contribution is -2.11. The van der Waals surface area contributed by atoms with Crippen molar-refractivity contribution in [3.05, 3.63) is 156 Å². The molecule has 226 valence electrons. The quantitative estimate of drug-likeness (QED) is 0.194. The summed E-state index contributed by atoms with van der Waals surface area (Å²) in [6.07, 6.45) is 4.24. The minimum atomic E-state index is 0.648. The van der Waals surface area contributed by atoms with Crippen molar-refractivity contribution in [2.45, 2.75) is 12.8 Å². The summed E-state index contributed by atoms with van der Waals surface area (Å²) in [5, 5.41) is 6.33. The van der Waals surface area contributed by atoms with Crippen LogP contribution in [-0.2, 0) is 6.42 Å². The predicted molar refractivity (Wildman–Crippen MR) is 201 cm³/mol. The number of aromatic nitrogens is 4. The number of nitrogens with zero attached hydrogens (tertiary/aromatic N) is 4. The van der Waals surface area contributed by atoms with Crippen molar-refractivity contribution in [1.82, 2.24) is 19.5 Å². The Morgan fingerprint density at radius 3 is 1.73 bits per heavy atom. The molecular weight excluding hydrogens is 605 g/mol. The van der Waals surface area contributed by atoms with Crippen molar-refractivity contribution in [1.29, 1.82) is 0 Å². The average molecular weight is 633 g/mol. The first-order valence-corrected chi connectivity index (χ1v) is 17.2. The number of hydrogen-bond donors (Lipinski definition) is 0. The zero-order valence-electron chi connectivity index (χ0n) is 26.0. The Morgan fingerprint density at radius 2 is 1.06 bits per heavy atom. The summed E-state index contributed by atoms with van der Waals surface area (Å²) in [6, 6.07) is 49.0. The van der Waals surface area contributed by atoms with Gasteiger partial charge in [-0.3, -0.25) is 4.57 Å². The molecule has 48 heavy (non-hydrogen) atoms. The first-order chi connectivity index (χ1) is 23.8. The van der Waals surface area contributed by atoms with E-state index in [4.69, 9.17) is 15.0 Å². The first-order valence-electron chi connectivity index (χ1n) is 16.3. The molecular formula is C43H28N4S. The van der Waals surface area contributed by atoms with E-state index in [1.807, 2.05) is 47.7 Å². The van der Waals surface area contributed by atoms with Crippen molar-refractivity contribution in [3.8, 4) is 28.7 Å². The number of hydrogen-bond acceptors (Lipinski definition) is 4. The Bertz CT molecular complexity index is 2650. The molecule has 1 aliphatic rings. The van der Waals surface area contributed by atoms with Gasteiger partial charge in [-0.15, -0.1) is 11.3 Å². The smallest absolute Gasteiger partial charge is 0.238 e. The van der Waals surface area contributed by atoms with Crippen LogP contribution in [0.2, 0.25) is 0 Å². The molecule has 3 aromatic heterocycles. The highest BCUT2D eigenvalue weighted by Crippen LogP contribution is 2.49. The van der Waals surface area contributed by atoms with E-state index in [9.17, 15) is 0 Å². The highest BCUT2D eigenvalue weighted by molar-refractivity contribution is 7.27. The van der Waals surface area contributed by atoms with E-state index in [-0.39, 0.29) is 0 Å². The molecule has 9 aromatic rings. The Balaban J connectivity index is 1.39. The molecule has 3 heterocycles. The highest BCUT2D eigenvalue weighted by atomic mass is 32.1. The van der Waals surface area contributed by atoms with Gasteiger partial charge in [-0.1, -0.05) is 133 Å². The summed E-state index contributed by atoms with van der Waals surface area (Å²) in [5.74, 6) is 1.98. The lowest BCUT2D eigenvalue weighted by molar-refractivity contribution is 0.845. The third-order valence-electron chi connectivity index (χ3n) is 9.56. The third kappa shape index (κ3) is 4.18. The summed E-state index contributed by atoms with van der Waals surface area (Å²) >= 11 is 1.89. The van der Waals surface area contributed by atoms with Gasteiger partial charge in [0.25, 0.3) is 0 Å². The van der Waals surface area contributed by atoms with Crippen LogP contribution < -0.4 is 0 Å². The van der Waals surface area contributed by atoms with Crippen LogP contribution >= 0.6 is 11.3 Å². The van der Waals surface area contributed by atoms with Crippen molar-refractivity contribution in [2.75, 3.05) is 0 Å². The predicted octanol–water partition coefficient (Wildman–Crippen LogP) is 11.2. The van der Waals surface area contributed by atoms with Gasteiger partial charge in [0.15, 0.2) is 11.6 Å². The van der Waals surface area contributed by atoms with Crippen LogP contribution in [0.1, 0.15) is 23.2 Å². The monoisotopic (exact) mass is 632 g/mol. The van der Waals surface area contributed by atoms with Crippen molar-refractivity contribution < 1.29 is 0 Å². The van der Waals surface area contributed by atoms with Crippen LogP contribution in [0.5, 0.6) is 0 Å². The zero-order valence-corrected chi connectivity index (χ0v) is 26.8. The van der Waals surface area contributed by atoms with Gasteiger partial charge in [0.2, 0.25) is 5.95 Å². The second-order valence-electron chi connectivity index (χ2n) is 12.3. The summed E-state index contributed by atoms with van der Waals surface area (Å²) in [7, 11) is 0. The average Bonchev–Trinajstić information content (AvgIpc) is 3.72. The first kappa shape index (κ1) is 27.2. The Kier molecular flexibility index (Phi) is 6.14. The van der Waals surface area contributed by atoms with E-state index in [0.29, 0.717) is 17.6 Å². The SMILES string of the molecule is C1=C(c2ccccc2)CCc2c1c1c3c4ccccc4sc3c3ccccc3c1n2-c1nc(-c2ccccc2)nc(-c2ccccc2)n1. The summed E-state index contributed by atoms with van der Waals surface area (Å²) in [5.41, 5.74) is 8.21. The molecule has 0 atom stereocenters. The van der Waals surface area contributed by atoms with Gasteiger partial charge < -0.3 is 0 Å². The van der Waals surface area contributed by atoms with Crippen LogP contribution in [0.4, 0.5) is 0 Å². The normalized spacial score (nSPS) is 13.0. The Labute approximate surface area is 281 Å². The fourth-order valence-electron chi connectivity index (χ4n) is 7.42. The zero-order chi connectivity index (χ0) is 31.6. The van der Waals surface area contributed by atoms with E-state index in [0.717, 1.165) is 29.5 Å². The molecule has 0 unspecified atom stereocenters. The standard InChI is InChI=1S/C43H28N4S/c1-4-14-27(15-5-1)30-24-25-35-34(26-30)37-38-33-22-12-13-23-36(33)48-40(38)32-21-11-10-20-31(32)39(37)47(35)43-45-41(28-16-6-2-7-17-28)44-42(46-43)29-18-8-3-9-19-29/h1-23,26H,24-25H2. The largest absolute Gasteiger partial charge is 0.281 e. The number of allylic oxidation sites excluding steroid dienone is 1. The molecule has 0 aliphatic heterocycles. The molecule has 0 saturated heterocycles. The van der Waals surface area contributed by atoms with E-state index < -0.39 is 0 Å². The molecule has 0 saturated carbocycles. The van der Waals surface area contributed by atoms with Gasteiger partial charge >= 0.3 is 0 Å². The van der Waals surface area contributed by atoms with Crippen molar-refractivity contribution in [2.24, 2.45) is 0 Å². The Morgan fingerprint density at radius 1 is 0.500 bits per heavy atom. The lowest BCUT2D eigenvalue weighted by Gasteiger charge is -2.17. The Hall–Kier alpha value is -5.91. The second kappa shape index (κ2) is 10.8. The topological polar surface area (TPSA) is 43.6 Å². The fourth-order valence-corrected chi connectivity index (χ4v) is 8.67. The molecule has 0 amide bonds. The van der Waals surface area contributed by atoms with Crippen LogP contribution in [0, 0.1) is 0 Å². The highest BCUT2D eigenvalue weighted by Gasteiger charge is 2.28. The van der Waals surface area contributed by atoms with Gasteiger partial charge in [-0.05, 0) is 36.1 Å². The van der Waals surface area contributed by atoms with E-state index in [1.165, 1.54) is 58.7 Å². The molecule has 4 nitrogen and oxygen atoms in total. The summed E-state index contributed by atoms with van der Waals surface area (Å²) < 4.78 is 4.98. The maximum atomic E-state index is 5.27. The second-order valence-corrected chi connectivity index (χ2v) is 13.4. The summed E-state index contributed by atoms with van der Waals surface area (Å²) in [6.45, 7) is 0. The van der Waals surface area contributed by atoms with Gasteiger partial charge in [0.1, 0.15) is 0 Å². The molecule has 0 bridgehead atoms. The van der Waals surface area contributed by atoms with Gasteiger partial charge in [-0.2, -0.15) is 9.97 Å². The maximum absolute atomic E-state index is 5.27. The van der Waals surface area contributed by atoms with Gasteiger partial charge in [0, 0.05) is 58.7 Å². The van der Waals surface area contributed by atoms with E-state index in [2.05, 4.69) is 114 Å². The van der Waals surface area contributed by atoms with Crippen molar-refractivity contribution >= 4 is 64.8 Å². The molecule has 0 fully saturated rings. The minimum Gasteiger partial charge on any atom is -0.281 e.